The molecule has 2 rings (SSSR count). The molecule has 0 bridgehead atoms. The first-order valence-corrected chi connectivity index (χ1v) is 8.39. The molecular weight excluding hydrogens is 367 g/mol. The van der Waals surface area contributed by atoms with Crippen molar-refractivity contribution in [3.05, 3.63) is 83.8 Å². The van der Waals surface area contributed by atoms with Crippen molar-refractivity contribution in [2.75, 3.05) is 5.32 Å². The topological polar surface area (TPSA) is 54.0 Å². The smallest absolute Gasteiger partial charge is 0.356 e. The van der Waals surface area contributed by atoms with E-state index < -0.39 is 11.9 Å². The van der Waals surface area contributed by atoms with Gasteiger partial charge in [0.05, 0.1) is 0 Å². The van der Waals surface area contributed by atoms with E-state index in [1.165, 1.54) is 6.07 Å². The van der Waals surface area contributed by atoms with E-state index >= 15 is 0 Å². The Hall–Kier alpha value is -3.35. The summed E-state index contributed by atoms with van der Waals surface area (Å²) in [4.78, 5) is 14.0. The van der Waals surface area contributed by atoms with Crippen LogP contribution in [0.3, 0.4) is 0 Å². The number of benzene rings is 1. The van der Waals surface area contributed by atoms with Crippen LogP contribution in [0.1, 0.15) is 29.3 Å². The fourth-order valence-electron chi connectivity index (χ4n) is 2.55. The largest absolute Gasteiger partial charge is 0.433 e. The summed E-state index contributed by atoms with van der Waals surface area (Å²) in [5.41, 5.74) is 2.88. The predicted molar refractivity (Wildman–Crippen MR) is 105 cm³/mol. The monoisotopic (exact) mass is 387 g/mol. The van der Waals surface area contributed by atoms with Gasteiger partial charge in [0.2, 0.25) is 6.41 Å². The van der Waals surface area contributed by atoms with E-state index in [2.05, 4.69) is 22.2 Å². The Kier molecular flexibility index (Phi) is 6.76. The van der Waals surface area contributed by atoms with Crippen molar-refractivity contribution in [3.63, 3.8) is 0 Å². The second-order valence-corrected chi connectivity index (χ2v) is 5.94. The summed E-state index contributed by atoms with van der Waals surface area (Å²) >= 11 is 0. The Bertz CT molecular complexity index is 931. The summed E-state index contributed by atoms with van der Waals surface area (Å²) in [6.07, 6.45) is 2.41. The highest BCUT2D eigenvalue weighted by Crippen LogP contribution is 2.30. The zero-order valence-electron chi connectivity index (χ0n) is 15.5. The number of rotatable bonds is 7. The molecule has 0 saturated carbocycles. The number of hydrogen-bond acceptors (Lipinski definition) is 3. The number of carbonyl (C=O) groups excluding carboxylic acids is 1. The average Bonchev–Trinajstić information content (AvgIpc) is 2.66. The van der Waals surface area contributed by atoms with E-state index in [0.717, 1.165) is 29.0 Å². The number of hydrogen-bond donors (Lipinski definition) is 2. The third-order valence-electron chi connectivity index (χ3n) is 3.90. The lowest BCUT2D eigenvalue weighted by atomic mass is 9.99. The highest BCUT2D eigenvalue weighted by Gasteiger charge is 2.32. The van der Waals surface area contributed by atoms with Crippen molar-refractivity contribution < 1.29 is 18.0 Å². The van der Waals surface area contributed by atoms with Gasteiger partial charge in [-0.25, -0.2) is 0 Å². The molecule has 146 valence electrons. The average molecular weight is 387 g/mol. The zero-order valence-corrected chi connectivity index (χ0v) is 15.5. The first kappa shape index (κ1) is 21.0. The molecule has 0 aliphatic carbocycles. The van der Waals surface area contributed by atoms with E-state index in [1.807, 2.05) is 38.1 Å². The predicted octanol–water partition coefficient (Wildman–Crippen LogP) is 5.15. The standard InChI is InChI=1S/C21H20F3N3O/c1-4-5-17(12-25-13-28)19-11-18(7-6-14(19)2)27-15(3)16-8-9-26-20(10-16)21(22,23)24/h4-13,27H,3H2,1-2H3,(H,25,28)/b5-4-,17-12+. The minimum atomic E-state index is -4.52. The molecule has 4 nitrogen and oxygen atoms in total. The molecule has 2 aromatic rings. The van der Waals surface area contributed by atoms with E-state index in [-0.39, 0.29) is 5.56 Å². The SMILES string of the molecule is C=C(Nc1ccc(C)c(C(/C=C\C)=C/NC=O)c1)c1ccnc(C(F)(F)F)c1. The molecule has 0 unspecified atom stereocenters. The normalized spacial score (nSPS) is 12.1. The maximum Gasteiger partial charge on any atom is 0.433 e. The Morgan fingerprint density at radius 2 is 1.96 bits per heavy atom. The molecule has 0 spiro atoms. The number of alkyl halides is 3. The number of halogens is 3. The van der Waals surface area contributed by atoms with Gasteiger partial charge in [0.15, 0.2) is 0 Å². The van der Waals surface area contributed by atoms with E-state index in [4.69, 9.17) is 0 Å². The maximum absolute atomic E-state index is 12.9. The third-order valence-corrected chi connectivity index (χ3v) is 3.90. The molecule has 2 N–H and O–H groups in total. The van der Waals surface area contributed by atoms with Gasteiger partial charge in [-0.3, -0.25) is 9.78 Å². The Labute approximate surface area is 161 Å². The van der Waals surface area contributed by atoms with Crippen molar-refractivity contribution in [2.24, 2.45) is 0 Å². The lowest BCUT2D eigenvalue weighted by Gasteiger charge is -2.14. The molecule has 28 heavy (non-hydrogen) atoms. The second kappa shape index (κ2) is 9.03. The highest BCUT2D eigenvalue weighted by atomic mass is 19.4. The lowest BCUT2D eigenvalue weighted by molar-refractivity contribution is -0.141. The van der Waals surface area contributed by atoms with Gasteiger partial charge in [-0.2, -0.15) is 13.2 Å². The summed E-state index contributed by atoms with van der Waals surface area (Å²) in [6.45, 7) is 7.61. The van der Waals surface area contributed by atoms with Crippen LogP contribution in [-0.4, -0.2) is 11.4 Å². The van der Waals surface area contributed by atoms with Crippen LogP contribution in [0.25, 0.3) is 11.3 Å². The number of anilines is 1. The minimum Gasteiger partial charge on any atom is -0.356 e. The summed E-state index contributed by atoms with van der Waals surface area (Å²) in [7, 11) is 0. The number of pyridine rings is 1. The first-order valence-electron chi connectivity index (χ1n) is 8.39. The van der Waals surface area contributed by atoms with Crippen LogP contribution in [0.4, 0.5) is 18.9 Å². The summed E-state index contributed by atoms with van der Waals surface area (Å²) in [5.74, 6) is 0. The number of carbonyl (C=O) groups is 1. The van der Waals surface area contributed by atoms with Crippen molar-refractivity contribution in [2.45, 2.75) is 20.0 Å². The summed E-state index contributed by atoms with van der Waals surface area (Å²) in [6, 6.07) is 7.92. The Balaban J connectivity index is 2.32. The molecule has 1 heterocycles. The molecule has 1 amide bonds. The van der Waals surface area contributed by atoms with Crippen molar-refractivity contribution in [1.82, 2.24) is 10.3 Å². The lowest BCUT2D eigenvalue weighted by Crippen LogP contribution is -2.09. The molecule has 0 atom stereocenters. The highest BCUT2D eigenvalue weighted by molar-refractivity contribution is 5.81. The number of aromatic nitrogens is 1. The van der Waals surface area contributed by atoms with E-state index in [1.54, 1.807) is 12.3 Å². The molecule has 0 aliphatic rings. The molecule has 1 aromatic carbocycles. The molecule has 0 radical (unpaired) electrons. The quantitative estimate of drug-likeness (QED) is 0.510. The first-order chi connectivity index (χ1) is 13.3. The fourth-order valence-corrected chi connectivity index (χ4v) is 2.55. The van der Waals surface area contributed by atoms with Crippen LogP contribution in [0.5, 0.6) is 0 Å². The van der Waals surface area contributed by atoms with Gasteiger partial charge in [0.25, 0.3) is 0 Å². The van der Waals surface area contributed by atoms with Crippen LogP contribution in [0.2, 0.25) is 0 Å². The van der Waals surface area contributed by atoms with Gasteiger partial charge in [-0.05, 0) is 54.8 Å². The van der Waals surface area contributed by atoms with Gasteiger partial charge in [-0.1, -0.05) is 24.8 Å². The van der Waals surface area contributed by atoms with Crippen LogP contribution in [-0.2, 0) is 11.0 Å². The Morgan fingerprint density at radius 1 is 1.21 bits per heavy atom. The summed E-state index contributed by atoms with van der Waals surface area (Å²) in [5, 5.41) is 5.55. The number of amides is 1. The number of nitrogens with one attached hydrogen (secondary N) is 2. The van der Waals surface area contributed by atoms with E-state index in [0.29, 0.717) is 17.8 Å². The van der Waals surface area contributed by atoms with Gasteiger partial charge < -0.3 is 10.6 Å². The number of nitrogens with zero attached hydrogens (tertiary/aromatic N) is 1. The number of aryl methyl sites for hydroxylation is 1. The van der Waals surface area contributed by atoms with Crippen molar-refractivity contribution in [3.8, 4) is 0 Å². The molecule has 0 saturated heterocycles. The fraction of sp³-hybridized carbons (Fsp3) is 0.143. The van der Waals surface area contributed by atoms with Gasteiger partial charge >= 0.3 is 6.18 Å². The van der Waals surface area contributed by atoms with Crippen molar-refractivity contribution in [1.29, 1.82) is 0 Å². The van der Waals surface area contributed by atoms with Crippen LogP contribution in [0.15, 0.2) is 61.5 Å². The molecule has 7 heteroatoms. The van der Waals surface area contributed by atoms with Crippen molar-refractivity contribution >= 4 is 23.4 Å². The molecule has 1 aromatic heterocycles. The Morgan fingerprint density at radius 3 is 2.61 bits per heavy atom. The third kappa shape index (κ3) is 5.33. The molecular formula is C21H20F3N3O. The van der Waals surface area contributed by atoms with Gasteiger partial charge in [0.1, 0.15) is 5.69 Å². The minimum absolute atomic E-state index is 0.288. The van der Waals surface area contributed by atoms with Crippen LogP contribution < -0.4 is 10.6 Å². The summed E-state index contributed by atoms with van der Waals surface area (Å²) < 4.78 is 38.6. The van der Waals surface area contributed by atoms with Crippen LogP contribution >= 0.6 is 0 Å². The second-order valence-electron chi connectivity index (χ2n) is 5.94. The number of allylic oxidation sites excluding steroid dienone is 3. The van der Waals surface area contributed by atoms with Gasteiger partial charge in [-0.15, -0.1) is 0 Å². The zero-order chi connectivity index (χ0) is 20.7. The molecule has 0 aliphatic heterocycles. The van der Waals surface area contributed by atoms with Crippen LogP contribution in [0, 0.1) is 6.92 Å². The van der Waals surface area contributed by atoms with E-state index in [9.17, 15) is 18.0 Å². The maximum atomic E-state index is 12.9. The van der Waals surface area contributed by atoms with Gasteiger partial charge in [0, 0.05) is 29.3 Å². The molecule has 0 fully saturated rings.